The van der Waals surface area contributed by atoms with Crippen LogP contribution in [0.4, 0.5) is 0 Å². The van der Waals surface area contributed by atoms with Crippen LogP contribution >= 0.6 is 0 Å². The number of likely N-dealkylation sites (tertiary alicyclic amines) is 1. The van der Waals surface area contributed by atoms with Crippen molar-refractivity contribution in [1.82, 2.24) is 4.90 Å². The molecule has 2 unspecified atom stereocenters. The zero-order chi connectivity index (χ0) is 9.84. The van der Waals surface area contributed by atoms with Crippen LogP contribution in [-0.4, -0.2) is 30.4 Å². The highest BCUT2D eigenvalue weighted by atomic mass is 15.1. The standard InChI is InChI=1S/C10H21N3/c1-8-4-3-5-13(6-8)7-9(2)10(11)12/h8-9H,3-7H2,1-2H3,(H3,11,12). The van der Waals surface area contributed by atoms with Crippen molar-refractivity contribution in [1.29, 1.82) is 5.41 Å². The maximum atomic E-state index is 7.32. The summed E-state index contributed by atoms with van der Waals surface area (Å²) >= 11 is 0. The summed E-state index contributed by atoms with van der Waals surface area (Å²) in [4.78, 5) is 2.43. The second-order valence-corrected chi connectivity index (χ2v) is 4.36. The molecule has 0 aromatic carbocycles. The molecule has 13 heavy (non-hydrogen) atoms. The third-order valence-electron chi connectivity index (χ3n) is 2.80. The Morgan fingerprint density at radius 2 is 2.38 bits per heavy atom. The molecule has 0 aromatic heterocycles. The summed E-state index contributed by atoms with van der Waals surface area (Å²) in [6.07, 6.45) is 2.65. The first-order valence-electron chi connectivity index (χ1n) is 5.16. The van der Waals surface area contributed by atoms with Crippen molar-refractivity contribution in [3.8, 4) is 0 Å². The second-order valence-electron chi connectivity index (χ2n) is 4.36. The van der Waals surface area contributed by atoms with Crippen LogP contribution in [0.5, 0.6) is 0 Å². The van der Waals surface area contributed by atoms with Crippen molar-refractivity contribution in [3.05, 3.63) is 0 Å². The first-order chi connectivity index (χ1) is 6.09. The lowest BCUT2D eigenvalue weighted by Gasteiger charge is -2.32. The Hall–Kier alpha value is -0.570. The molecule has 1 aliphatic heterocycles. The largest absolute Gasteiger partial charge is 0.387 e. The van der Waals surface area contributed by atoms with Gasteiger partial charge in [0.25, 0.3) is 0 Å². The van der Waals surface area contributed by atoms with E-state index in [-0.39, 0.29) is 5.92 Å². The molecule has 1 heterocycles. The highest BCUT2D eigenvalue weighted by Gasteiger charge is 2.18. The quantitative estimate of drug-likeness (QED) is 0.511. The smallest absolute Gasteiger partial charge is 0.0947 e. The number of hydrogen-bond acceptors (Lipinski definition) is 2. The minimum Gasteiger partial charge on any atom is -0.387 e. The number of amidine groups is 1. The maximum Gasteiger partial charge on any atom is 0.0947 e. The van der Waals surface area contributed by atoms with E-state index in [1.54, 1.807) is 0 Å². The van der Waals surface area contributed by atoms with E-state index in [0.29, 0.717) is 5.84 Å². The molecular weight excluding hydrogens is 162 g/mol. The SMILES string of the molecule is CC1CCCN(CC(C)C(=N)N)C1. The Bertz CT molecular complexity index is 179. The molecule has 0 saturated carbocycles. The van der Waals surface area contributed by atoms with Crippen molar-refractivity contribution < 1.29 is 0 Å². The summed E-state index contributed by atoms with van der Waals surface area (Å²) in [7, 11) is 0. The van der Waals surface area contributed by atoms with Gasteiger partial charge in [-0.1, -0.05) is 13.8 Å². The van der Waals surface area contributed by atoms with E-state index in [1.807, 2.05) is 6.92 Å². The average molecular weight is 183 g/mol. The van der Waals surface area contributed by atoms with Crippen LogP contribution in [0.3, 0.4) is 0 Å². The molecule has 1 rings (SSSR count). The lowest BCUT2D eigenvalue weighted by atomic mass is 9.99. The Labute approximate surface area is 80.8 Å². The number of hydrogen-bond donors (Lipinski definition) is 2. The van der Waals surface area contributed by atoms with Gasteiger partial charge >= 0.3 is 0 Å². The molecule has 0 spiro atoms. The van der Waals surface area contributed by atoms with Gasteiger partial charge < -0.3 is 10.6 Å². The molecule has 0 amide bonds. The molecule has 0 radical (unpaired) electrons. The fraction of sp³-hybridized carbons (Fsp3) is 0.900. The van der Waals surface area contributed by atoms with Crippen LogP contribution in [0.2, 0.25) is 0 Å². The first-order valence-corrected chi connectivity index (χ1v) is 5.16. The molecule has 0 bridgehead atoms. The van der Waals surface area contributed by atoms with Gasteiger partial charge in [-0.3, -0.25) is 5.41 Å². The van der Waals surface area contributed by atoms with Gasteiger partial charge in [0.1, 0.15) is 0 Å². The fourth-order valence-electron chi connectivity index (χ4n) is 1.94. The van der Waals surface area contributed by atoms with E-state index < -0.39 is 0 Å². The molecule has 1 aliphatic rings. The zero-order valence-electron chi connectivity index (χ0n) is 8.71. The molecule has 0 aliphatic carbocycles. The van der Waals surface area contributed by atoms with Crippen LogP contribution in [0.25, 0.3) is 0 Å². The van der Waals surface area contributed by atoms with Crippen LogP contribution in [0.15, 0.2) is 0 Å². The van der Waals surface area contributed by atoms with Gasteiger partial charge in [0.15, 0.2) is 0 Å². The van der Waals surface area contributed by atoms with Crippen molar-refractivity contribution in [2.45, 2.75) is 26.7 Å². The number of rotatable bonds is 3. The Morgan fingerprint density at radius 3 is 2.92 bits per heavy atom. The van der Waals surface area contributed by atoms with Gasteiger partial charge in [0.2, 0.25) is 0 Å². The van der Waals surface area contributed by atoms with E-state index in [1.165, 1.54) is 25.9 Å². The average Bonchev–Trinajstić information content (AvgIpc) is 2.04. The van der Waals surface area contributed by atoms with Gasteiger partial charge in [-0.05, 0) is 25.3 Å². The Morgan fingerprint density at radius 1 is 1.69 bits per heavy atom. The van der Waals surface area contributed by atoms with Gasteiger partial charge in [0.05, 0.1) is 5.84 Å². The monoisotopic (exact) mass is 183 g/mol. The number of piperidine rings is 1. The Kier molecular flexibility index (Phi) is 3.72. The van der Waals surface area contributed by atoms with E-state index in [2.05, 4.69) is 11.8 Å². The summed E-state index contributed by atoms with van der Waals surface area (Å²) < 4.78 is 0. The van der Waals surface area contributed by atoms with Gasteiger partial charge in [-0.25, -0.2) is 0 Å². The van der Waals surface area contributed by atoms with Crippen molar-refractivity contribution in [2.75, 3.05) is 19.6 Å². The number of nitrogens with two attached hydrogens (primary N) is 1. The summed E-state index contributed by atoms with van der Waals surface area (Å²) in [5.41, 5.74) is 5.44. The van der Waals surface area contributed by atoms with Crippen molar-refractivity contribution in [3.63, 3.8) is 0 Å². The zero-order valence-corrected chi connectivity index (χ0v) is 8.71. The third-order valence-corrected chi connectivity index (χ3v) is 2.80. The second kappa shape index (κ2) is 4.61. The summed E-state index contributed by atoms with van der Waals surface area (Å²) in [5, 5.41) is 7.32. The molecule has 1 saturated heterocycles. The lowest BCUT2D eigenvalue weighted by molar-refractivity contribution is 0.174. The first kappa shape index (κ1) is 10.5. The molecular formula is C10H21N3. The molecule has 3 nitrogen and oxygen atoms in total. The van der Waals surface area contributed by atoms with Crippen LogP contribution in [0.1, 0.15) is 26.7 Å². The van der Waals surface area contributed by atoms with E-state index in [9.17, 15) is 0 Å². The fourth-order valence-corrected chi connectivity index (χ4v) is 1.94. The third kappa shape index (κ3) is 3.35. The van der Waals surface area contributed by atoms with Crippen molar-refractivity contribution in [2.24, 2.45) is 17.6 Å². The highest BCUT2D eigenvalue weighted by molar-refractivity contribution is 5.79. The van der Waals surface area contributed by atoms with Gasteiger partial charge in [-0.15, -0.1) is 0 Å². The molecule has 76 valence electrons. The van der Waals surface area contributed by atoms with Crippen molar-refractivity contribution >= 4 is 5.84 Å². The summed E-state index contributed by atoms with van der Waals surface area (Å²) in [5.74, 6) is 1.34. The minimum atomic E-state index is 0.213. The van der Waals surface area contributed by atoms with E-state index in [4.69, 9.17) is 11.1 Å². The van der Waals surface area contributed by atoms with E-state index >= 15 is 0 Å². The molecule has 0 aromatic rings. The normalized spacial score (nSPS) is 27.1. The van der Waals surface area contributed by atoms with Crippen LogP contribution in [0, 0.1) is 17.2 Å². The Balaban J connectivity index is 2.31. The molecule has 3 N–H and O–H groups in total. The van der Waals surface area contributed by atoms with Crippen LogP contribution < -0.4 is 5.73 Å². The predicted octanol–water partition coefficient (Wildman–Crippen LogP) is 1.29. The summed E-state index contributed by atoms with van der Waals surface area (Å²) in [6, 6.07) is 0. The minimum absolute atomic E-state index is 0.213. The topological polar surface area (TPSA) is 53.1 Å². The highest BCUT2D eigenvalue weighted by Crippen LogP contribution is 2.16. The maximum absolute atomic E-state index is 7.32. The van der Waals surface area contributed by atoms with Gasteiger partial charge in [-0.2, -0.15) is 0 Å². The van der Waals surface area contributed by atoms with Gasteiger partial charge in [0, 0.05) is 19.0 Å². The number of nitrogens with zero attached hydrogens (tertiary/aromatic N) is 1. The summed E-state index contributed by atoms with van der Waals surface area (Å²) in [6.45, 7) is 7.64. The van der Waals surface area contributed by atoms with E-state index in [0.717, 1.165) is 12.5 Å². The number of nitrogens with one attached hydrogen (secondary N) is 1. The lowest BCUT2D eigenvalue weighted by Crippen LogP contribution is -2.40. The molecule has 3 heteroatoms. The van der Waals surface area contributed by atoms with Crippen LogP contribution in [-0.2, 0) is 0 Å². The molecule has 2 atom stereocenters. The predicted molar refractivity (Wildman–Crippen MR) is 55.9 cm³/mol. The molecule has 1 fully saturated rings.